The number of anilines is 1. The molecule has 0 aromatic heterocycles. The minimum atomic E-state index is -0.343. The molecule has 3 heterocycles. The summed E-state index contributed by atoms with van der Waals surface area (Å²) in [5, 5.41) is 0. The van der Waals surface area contributed by atoms with E-state index in [1.165, 1.54) is 12.3 Å². The average Bonchev–Trinajstić information content (AvgIpc) is 2.98. The lowest BCUT2D eigenvalue weighted by Gasteiger charge is -2.55. The van der Waals surface area contributed by atoms with Gasteiger partial charge in [-0.1, -0.05) is 0 Å². The number of allylic oxidation sites excluding steroid dienone is 1. The fourth-order valence-electron chi connectivity index (χ4n) is 6.49. The predicted molar refractivity (Wildman–Crippen MR) is 163 cm³/mol. The van der Waals surface area contributed by atoms with E-state index < -0.39 is 0 Å². The third-order valence-electron chi connectivity index (χ3n) is 9.46. The summed E-state index contributed by atoms with van der Waals surface area (Å²) in [5.41, 5.74) is 13.6. The molecular weight excluding hydrogens is 537 g/mol. The highest BCUT2D eigenvalue weighted by molar-refractivity contribution is 5.80. The quantitative estimate of drug-likeness (QED) is 0.165. The number of hydrogen-bond acceptors (Lipinski definition) is 8. The Morgan fingerprint density at radius 1 is 1.14 bits per heavy atom. The molecule has 0 saturated carbocycles. The molecule has 3 aliphatic rings. The van der Waals surface area contributed by atoms with Crippen molar-refractivity contribution in [3.8, 4) is 0 Å². The van der Waals surface area contributed by atoms with Crippen molar-refractivity contribution in [2.45, 2.75) is 58.0 Å². The largest absolute Gasteiger partial charge is 0.395 e. The maximum atomic E-state index is 15.1. The Kier molecular flexibility index (Phi) is 10.7. The number of likely N-dealkylation sites (tertiary alicyclic amines) is 2. The number of carbonyl (C=O) groups excluding carboxylic acids is 3. The van der Waals surface area contributed by atoms with Gasteiger partial charge in [0.05, 0.1) is 17.6 Å². The number of halogens is 1. The number of benzene rings is 1. The van der Waals surface area contributed by atoms with Gasteiger partial charge in [-0.05, 0) is 82.8 Å². The summed E-state index contributed by atoms with van der Waals surface area (Å²) in [6, 6.07) is 3.40. The van der Waals surface area contributed by atoms with Crippen molar-refractivity contribution in [1.29, 1.82) is 0 Å². The molecule has 1 aromatic carbocycles. The monoisotopic (exact) mass is 583 g/mol. The van der Waals surface area contributed by atoms with Crippen molar-refractivity contribution in [3.63, 3.8) is 0 Å². The van der Waals surface area contributed by atoms with Gasteiger partial charge in [-0.2, -0.15) is 0 Å². The van der Waals surface area contributed by atoms with Gasteiger partial charge in [0.15, 0.2) is 12.2 Å². The Morgan fingerprint density at radius 2 is 1.83 bits per heavy atom. The van der Waals surface area contributed by atoms with E-state index in [-0.39, 0.29) is 23.0 Å². The Balaban J connectivity index is 1.26. The lowest BCUT2D eigenvalue weighted by atomic mass is 9.71. The second-order valence-electron chi connectivity index (χ2n) is 12.4. The smallest absolute Gasteiger partial charge is 0.195 e. The highest BCUT2D eigenvalue weighted by Gasteiger charge is 2.45. The molecule has 1 atom stereocenters. The van der Waals surface area contributed by atoms with Gasteiger partial charge in [0.1, 0.15) is 18.4 Å². The standard InChI is InChI=1S/C31H46FN7O3/c1-23(4-3-13-40)36(2)18-25-15-29(28(32)14-26(25)19-41)39-21-31(22-39)7-11-37(12-8-31)17-24-5-9-38(10-6-24)30(34)35-16-27(33)20-42/h13-16,19-20,23-24H,3-12,17-18,21-22,33H2,1-2H3,(H2,34,35)/b27-16-. The third-order valence-corrected chi connectivity index (χ3v) is 9.46. The molecular formula is C31H46FN7O3. The lowest BCUT2D eigenvalue weighted by Crippen LogP contribution is -2.61. The summed E-state index contributed by atoms with van der Waals surface area (Å²) in [6.07, 6.45) is 9.04. The molecule has 0 radical (unpaired) electrons. The van der Waals surface area contributed by atoms with Gasteiger partial charge >= 0.3 is 0 Å². The van der Waals surface area contributed by atoms with Gasteiger partial charge in [0, 0.05) is 62.7 Å². The number of aldehydes is 3. The molecule has 1 spiro atoms. The van der Waals surface area contributed by atoms with Crippen LogP contribution in [0, 0.1) is 17.2 Å². The molecule has 1 unspecified atom stereocenters. The Labute approximate surface area is 248 Å². The van der Waals surface area contributed by atoms with E-state index in [9.17, 15) is 14.4 Å². The van der Waals surface area contributed by atoms with Crippen molar-refractivity contribution in [2.75, 3.05) is 57.8 Å². The second kappa shape index (κ2) is 14.2. The zero-order valence-electron chi connectivity index (χ0n) is 25.0. The summed E-state index contributed by atoms with van der Waals surface area (Å²) in [5.74, 6) is 0.665. The van der Waals surface area contributed by atoms with Crippen LogP contribution in [0.3, 0.4) is 0 Å². The molecule has 42 heavy (non-hydrogen) atoms. The van der Waals surface area contributed by atoms with Gasteiger partial charge < -0.3 is 31.0 Å². The Bertz CT molecular complexity index is 1170. The fraction of sp³-hybridized carbons (Fsp3) is 0.613. The van der Waals surface area contributed by atoms with E-state index in [0.717, 1.165) is 96.1 Å². The third kappa shape index (κ3) is 7.74. The molecule has 0 aliphatic carbocycles. The summed E-state index contributed by atoms with van der Waals surface area (Å²) in [4.78, 5) is 46.0. The summed E-state index contributed by atoms with van der Waals surface area (Å²) in [7, 11) is 1.97. The van der Waals surface area contributed by atoms with E-state index in [0.29, 0.717) is 42.4 Å². The van der Waals surface area contributed by atoms with Gasteiger partial charge in [0.2, 0.25) is 0 Å². The molecule has 11 heteroatoms. The normalized spacial score (nSPS) is 21.0. The number of nitrogens with two attached hydrogens (primary N) is 2. The van der Waals surface area contributed by atoms with Crippen LogP contribution in [0.4, 0.5) is 10.1 Å². The number of guanidine groups is 1. The molecule has 4 N–H and O–H groups in total. The lowest BCUT2D eigenvalue weighted by molar-refractivity contribution is -0.108. The molecule has 3 fully saturated rings. The summed E-state index contributed by atoms with van der Waals surface area (Å²) < 4.78 is 15.1. The van der Waals surface area contributed by atoms with Crippen molar-refractivity contribution in [3.05, 3.63) is 41.0 Å². The van der Waals surface area contributed by atoms with Crippen LogP contribution in [-0.4, -0.2) is 98.4 Å². The Hall–Kier alpha value is -3.31. The van der Waals surface area contributed by atoms with Crippen LogP contribution in [0.25, 0.3) is 0 Å². The first-order valence-corrected chi connectivity index (χ1v) is 15.0. The average molecular weight is 584 g/mol. The minimum absolute atomic E-state index is 0.0528. The van der Waals surface area contributed by atoms with Crippen LogP contribution in [0.2, 0.25) is 0 Å². The molecule has 0 amide bonds. The summed E-state index contributed by atoms with van der Waals surface area (Å²) >= 11 is 0. The van der Waals surface area contributed by atoms with E-state index in [1.807, 2.05) is 18.0 Å². The van der Waals surface area contributed by atoms with Crippen molar-refractivity contribution < 1.29 is 18.8 Å². The van der Waals surface area contributed by atoms with Crippen LogP contribution in [0.1, 0.15) is 61.4 Å². The first-order chi connectivity index (χ1) is 20.2. The van der Waals surface area contributed by atoms with Crippen LogP contribution in [0.15, 0.2) is 29.0 Å². The highest BCUT2D eigenvalue weighted by Crippen LogP contribution is 2.44. The molecule has 3 aliphatic heterocycles. The first-order valence-electron chi connectivity index (χ1n) is 15.0. The summed E-state index contributed by atoms with van der Waals surface area (Å²) in [6.45, 7) is 9.11. The number of piperidine rings is 2. The first kappa shape index (κ1) is 31.6. The Morgan fingerprint density at radius 3 is 2.45 bits per heavy atom. The SMILES string of the molecule is CC(CCC=O)N(C)Cc1cc(N2CC3(CCN(CC4CCN(/C(N)=N/C=C(\N)C=O)CC4)CC3)C2)c(F)cc1C=O. The van der Waals surface area contributed by atoms with Crippen molar-refractivity contribution >= 4 is 30.5 Å². The minimum Gasteiger partial charge on any atom is -0.395 e. The fourth-order valence-corrected chi connectivity index (χ4v) is 6.49. The van der Waals surface area contributed by atoms with E-state index in [1.54, 1.807) is 0 Å². The second-order valence-corrected chi connectivity index (χ2v) is 12.4. The number of hydrogen-bond donors (Lipinski definition) is 2. The number of nitrogens with zero attached hydrogens (tertiary/aromatic N) is 5. The molecule has 1 aromatic rings. The molecule has 0 bridgehead atoms. The van der Waals surface area contributed by atoms with Crippen LogP contribution >= 0.6 is 0 Å². The van der Waals surface area contributed by atoms with Gasteiger partial charge in [-0.3, -0.25) is 14.5 Å². The van der Waals surface area contributed by atoms with Gasteiger partial charge in [-0.15, -0.1) is 0 Å². The van der Waals surface area contributed by atoms with E-state index >= 15 is 4.39 Å². The maximum Gasteiger partial charge on any atom is 0.195 e. The van der Waals surface area contributed by atoms with E-state index in [4.69, 9.17) is 11.5 Å². The zero-order valence-corrected chi connectivity index (χ0v) is 25.0. The number of carbonyl (C=O) groups is 3. The van der Waals surface area contributed by atoms with Crippen LogP contribution < -0.4 is 16.4 Å². The van der Waals surface area contributed by atoms with Gasteiger partial charge in [0.25, 0.3) is 0 Å². The van der Waals surface area contributed by atoms with Gasteiger partial charge in [-0.25, -0.2) is 9.38 Å². The van der Waals surface area contributed by atoms with Crippen molar-refractivity contribution in [2.24, 2.45) is 27.8 Å². The topological polar surface area (TPSA) is 129 Å². The van der Waals surface area contributed by atoms with Crippen LogP contribution in [-0.2, 0) is 16.1 Å². The molecule has 230 valence electrons. The highest BCUT2D eigenvalue weighted by atomic mass is 19.1. The molecule has 10 nitrogen and oxygen atoms in total. The van der Waals surface area contributed by atoms with Crippen molar-refractivity contribution in [1.82, 2.24) is 14.7 Å². The number of aliphatic imine (C=N–C) groups is 1. The number of rotatable bonds is 12. The molecule has 3 saturated heterocycles. The molecule has 4 rings (SSSR count). The maximum absolute atomic E-state index is 15.1. The predicted octanol–water partition coefficient (Wildman–Crippen LogP) is 2.37. The van der Waals surface area contributed by atoms with Crippen LogP contribution in [0.5, 0.6) is 0 Å². The zero-order chi connectivity index (χ0) is 30.3. The van der Waals surface area contributed by atoms with E-state index in [2.05, 4.69) is 26.6 Å².